The van der Waals surface area contributed by atoms with Gasteiger partial charge in [-0.25, -0.2) is 8.42 Å². The summed E-state index contributed by atoms with van der Waals surface area (Å²) >= 11 is 0. The van der Waals surface area contributed by atoms with E-state index in [-0.39, 0.29) is 23.5 Å². The molecule has 156 valence electrons. The lowest BCUT2D eigenvalue weighted by molar-refractivity contribution is -0.128. The average molecular weight is 426 g/mol. The van der Waals surface area contributed by atoms with Crippen molar-refractivity contribution in [3.8, 4) is 5.75 Å². The Kier molecular flexibility index (Phi) is 5.63. The maximum absolute atomic E-state index is 13.0. The fourth-order valence-corrected chi connectivity index (χ4v) is 5.40. The Hall–Kier alpha value is -3.06. The van der Waals surface area contributed by atoms with Crippen LogP contribution in [0.15, 0.2) is 65.1 Å². The van der Waals surface area contributed by atoms with E-state index in [4.69, 9.17) is 9.15 Å². The monoisotopic (exact) mass is 425 g/mol. The molecule has 1 fully saturated rings. The SMILES string of the molecule is COc1ccc(CN(C(=O)/C=C/c2cc3ccccc3o2)C2CCS(=O)(=O)C2)cc1. The summed E-state index contributed by atoms with van der Waals surface area (Å²) in [6.45, 7) is 0.327. The second kappa shape index (κ2) is 8.36. The predicted molar refractivity (Wildman–Crippen MR) is 116 cm³/mol. The van der Waals surface area contributed by atoms with E-state index in [0.29, 0.717) is 18.7 Å². The third-order valence-electron chi connectivity index (χ3n) is 5.28. The summed E-state index contributed by atoms with van der Waals surface area (Å²) in [5.74, 6) is 1.16. The number of sulfone groups is 1. The lowest BCUT2D eigenvalue weighted by Gasteiger charge is -2.27. The van der Waals surface area contributed by atoms with Crippen LogP contribution in [0.3, 0.4) is 0 Å². The quantitative estimate of drug-likeness (QED) is 0.563. The first-order valence-electron chi connectivity index (χ1n) is 9.74. The van der Waals surface area contributed by atoms with Crippen LogP contribution in [-0.4, -0.2) is 43.9 Å². The second-order valence-corrected chi connectivity index (χ2v) is 9.62. The average Bonchev–Trinajstić information content (AvgIpc) is 3.33. The van der Waals surface area contributed by atoms with Crippen LogP contribution < -0.4 is 4.74 Å². The number of nitrogens with zero attached hydrogens (tertiary/aromatic N) is 1. The first kappa shape index (κ1) is 20.2. The number of ether oxygens (including phenoxy) is 1. The van der Waals surface area contributed by atoms with Gasteiger partial charge in [0.05, 0.1) is 18.6 Å². The molecule has 1 aliphatic heterocycles. The van der Waals surface area contributed by atoms with Crippen molar-refractivity contribution in [2.24, 2.45) is 0 Å². The van der Waals surface area contributed by atoms with Crippen LogP contribution >= 0.6 is 0 Å². The summed E-state index contributed by atoms with van der Waals surface area (Å²) in [6, 6.07) is 16.6. The standard InChI is InChI=1S/C23H23NO5S/c1-28-20-8-6-17(7-9-20)15-24(19-12-13-30(26,27)16-19)23(25)11-10-21-14-18-4-2-3-5-22(18)29-21/h2-11,14,19H,12-13,15-16H2,1H3/b11-10+. The number of hydrogen-bond donors (Lipinski definition) is 0. The minimum Gasteiger partial charge on any atom is -0.497 e. The molecular formula is C23H23NO5S. The molecular weight excluding hydrogens is 402 g/mol. The van der Waals surface area contributed by atoms with E-state index in [0.717, 1.165) is 22.3 Å². The molecule has 6 nitrogen and oxygen atoms in total. The van der Waals surface area contributed by atoms with Crippen molar-refractivity contribution >= 4 is 32.8 Å². The summed E-state index contributed by atoms with van der Waals surface area (Å²) < 4.78 is 34.9. The van der Waals surface area contributed by atoms with Gasteiger partial charge in [-0.2, -0.15) is 0 Å². The first-order valence-corrected chi connectivity index (χ1v) is 11.6. The fraction of sp³-hybridized carbons (Fsp3) is 0.261. The molecule has 1 aliphatic rings. The van der Waals surface area contributed by atoms with Crippen LogP contribution in [0.5, 0.6) is 5.75 Å². The molecule has 2 heterocycles. The maximum Gasteiger partial charge on any atom is 0.247 e. The Balaban J connectivity index is 1.56. The Morgan fingerprint density at radius 2 is 1.97 bits per heavy atom. The minimum absolute atomic E-state index is 0.00658. The van der Waals surface area contributed by atoms with Gasteiger partial charge < -0.3 is 14.1 Å². The Morgan fingerprint density at radius 3 is 2.63 bits per heavy atom. The van der Waals surface area contributed by atoms with Gasteiger partial charge in [0.1, 0.15) is 17.1 Å². The third-order valence-corrected chi connectivity index (χ3v) is 7.03. The number of methoxy groups -OCH3 is 1. The zero-order valence-electron chi connectivity index (χ0n) is 16.7. The van der Waals surface area contributed by atoms with E-state index in [1.807, 2.05) is 54.6 Å². The molecule has 3 aromatic rings. The summed E-state index contributed by atoms with van der Waals surface area (Å²) in [6.07, 6.45) is 3.53. The molecule has 0 spiro atoms. The Bertz CT molecular complexity index is 1140. The minimum atomic E-state index is -3.12. The molecule has 2 aromatic carbocycles. The van der Waals surface area contributed by atoms with Gasteiger partial charge in [0.2, 0.25) is 5.91 Å². The van der Waals surface area contributed by atoms with Gasteiger partial charge in [0.15, 0.2) is 9.84 Å². The van der Waals surface area contributed by atoms with E-state index < -0.39 is 9.84 Å². The topological polar surface area (TPSA) is 76.8 Å². The van der Waals surface area contributed by atoms with Crippen molar-refractivity contribution in [2.45, 2.75) is 19.0 Å². The van der Waals surface area contributed by atoms with Crippen LogP contribution in [-0.2, 0) is 21.2 Å². The number of benzene rings is 2. The van der Waals surface area contributed by atoms with Crippen molar-refractivity contribution in [3.63, 3.8) is 0 Å². The van der Waals surface area contributed by atoms with Gasteiger partial charge in [-0.3, -0.25) is 4.79 Å². The molecule has 1 unspecified atom stereocenters. The molecule has 0 aliphatic carbocycles. The number of rotatable bonds is 6. The molecule has 0 radical (unpaired) electrons. The molecule has 4 rings (SSSR count). The van der Waals surface area contributed by atoms with E-state index in [2.05, 4.69) is 0 Å². The van der Waals surface area contributed by atoms with Crippen molar-refractivity contribution in [1.82, 2.24) is 4.90 Å². The summed E-state index contributed by atoms with van der Waals surface area (Å²) in [5, 5.41) is 0.960. The summed E-state index contributed by atoms with van der Waals surface area (Å²) in [5.41, 5.74) is 1.66. The molecule has 1 aromatic heterocycles. The van der Waals surface area contributed by atoms with Crippen molar-refractivity contribution in [2.75, 3.05) is 18.6 Å². The van der Waals surface area contributed by atoms with Crippen LogP contribution in [0.25, 0.3) is 17.0 Å². The highest BCUT2D eigenvalue weighted by atomic mass is 32.2. The lowest BCUT2D eigenvalue weighted by atomic mass is 10.1. The normalized spacial score (nSPS) is 18.1. The van der Waals surface area contributed by atoms with E-state index in [1.54, 1.807) is 18.1 Å². The van der Waals surface area contributed by atoms with Crippen LogP contribution in [0.4, 0.5) is 0 Å². The van der Waals surface area contributed by atoms with Crippen molar-refractivity contribution in [1.29, 1.82) is 0 Å². The van der Waals surface area contributed by atoms with Gasteiger partial charge in [-0.1, -0.05) is 30.3 Å². The highest BCUT2D eigenvalue weighted by Gasteiger charge is 2.34. The number of amides is 1. The van der Waals surface area contributed by atoms with Gasteiger partial charge in [-0.05, 0) is 42.3 Å². The highest BCUT2D eigenvalue weighted by molar-refractivity contribution is 7.91. The molecule has 1 saturated heterocycles. The molecule has 7 heteroatoms. The Labute approximate surface area is 175 Å². The number of hydrogen-bond acceptors (Lipinski definition) is 5. The lowest BCUT2D eigenvalue weighted by Crippen LogP contribution is -2.39. The fourth-order valence-electron chi connectivity index (χ4n) is 3.67. The van der Waals surface area contributed by atoms with Crippen LogP contribution in [0.1, 0.15) is 17.7 Å². The van der Waals surface area contributed by atoms with E-state index in [1.165, 1.54) is 6.08 Å². The van der Waals surface area contributed by atoms with Gasteiger partial charge in [-0.15, -0.1) is 0 Å². The summed E-state index contributed by atoms with van der Waals surface area (Å²) in [7, 11) is -1.52. The van der Waals surface area contributed by atoms with Crippen molar-refractivity contribution < 1.29 is 22.4 Å². The molecule has 0 N–H and O–H groups in total. The number of fused-ring (bicyclic) bond motifs is 1. The van der Waals surface area contributed by atoms with Gasteiger partial charge in [0, 0.05) is 24.0 Å². The molecule has 0 saturated carbocycles. The Morgan fingerprint density at radius 1 is 1.20 bits per heavy atom. The number of carbonyl (C=O) groups excluding carboxylic acids is 1. The first-order chi connectivity index (χ1) is 14.4. The number of carbonyl (C=O) groups is 1. The molecule has 0 bridgehead atoms. The third kappa shape index (κ3) is 4.57. The van der Waals surface area contributed by atoms with Crippen LogP contribution in [0, 0.1) is 0 Å². The number of furan rings is 1. The highest BCUT2D eigenvalue weighted by Crippen LogP contribution is 2.23. The van der Waals surface area contributed by atoms with Gasteiger partial charge in [0.25, 0.3) is 0 Å². The number of para-hydroxylation sites is 1. The second-order valence-electron chi connectivity index (χ2n) is 7.39. The molecule has 1 amide bonds. The summed E-state index contributed by atoms with van der Waals surface area (Å²) in [4.78, 5) is 14.7. The van der Waals surface area contributed by atoms with E-state index in [9.17, 15) is 13.2 Å². The smallest absolute Gasteiger partial charge is 0.247 e. The van der Waals surface area contributed by atoms with E-state index >= 15 is 0 Å². The zero-order chi connectivity index (χ0) is 21.1. The largest absolute Gasteiger partial charge is 0.497 e. The maximum atomic E-state index is 13.0. The van der Waals surface area contributed by atoms with Crippen LogP contribution in [0.2, 0.25) is 0 Å². The molecule has 1 atom stereocenters. The van der Waals surface area contributed by atoms with Gasteiger partial charge >= 0.3 is 0 Å². The predicted octanol–water partition coefficient (Wildman–Crippen LogP) is 3.67. The van der Waals surface area contributed by atoms with Crippen molar-refractivity contribution in [3.05, 3.63) is 72.0 Å². The zero-order valence-corrected chi connectivity index (χ0v) is 17.5. The molecule has 30 heavy (non-hydrogen) atoms.